The van der Waals surface area contributed by atoms with Crippen LogP contribution < -0.4 is 0 Å². The molecule has 0 bridgehead atoms. The first-order valence-corrected chi connectivity index (χ1v) is 7.26. The fourth-order valence-electron chi connectivity index (χ4n) is 2.04. The highest BCUT2D eigenvalue weighted by molar-refractivity contribution is 5.87. The zero-order valence-electron chi connectivity index (χ0n) is 12.3. The highest BCUT2D eigenvalue weighted by Crippen LogP contribution is 2.07. The van der Waals surface area contributed by atoms with Gasteiger partial charge in [-0.1, -0.05) is 30.3 Å². The van der Waals surface area contributed by atoms with Crippen LogP contribution in [-0.2, 0) is 22.5 Å². The molecule has 112 valence electrons. The van der Waals surface area contributed by atoms with E-state index in [1.165, 1.54) is 5.56 Å². The van der Waals surface area contributed by atoms with Gasteiger partial charge in [-0.15, -0.1) is 0 Å². The molecule has 1 heterocycles. The Balaban J connectivity index is 1.66. The van der Waals surface area contributed by atoms with Crippen molar-refractivity contribution in [3.63, 3.8) is 0 Å². The van der Waals surface area contributed by atoms with Crippen LogP contribution in [0.15, 0.2) is 42.5 Å². The van der Waals surface area contributed by atoms with Gasteiger partial charge in [0.25, 0.3) is 0 Å². The van der Waals surface area contributed by atoms with E-state index in [1.54, 1.807) is 13.0 Å². The summed E-state index contributed by atoms with van der Waals surface area (Å²) in [5.41, 5.74) is 2.72. The summed E-state index contributed by atoms with van der Waals surface area (Å²) in [4.78, 5) is 14.6. The number of aromatic amines is 1. The lowest BCUT2D eigenvalue weighted by atomic mass is 10.2. The average Bonchev–Trinajstić information content (AvgIpc) is 2.97. The van der Waals surface area contributed by atoms with E-state index in [2.05, 4.69) is 17.1 Å². The van der Waals surface area contributed by atoms with Gasteiger partial charge in [-0.05, 0) is 37.5 Å². The van der Waals surface area contributed by atoms with Gasteiger partial charge in [0.05, 0.1) is 13.2 Å². The highest BCUT2D eigenvalue weighted by atomic mass is 16.5. The second kappa shape index (κ2) is 8.27. The largest absolute Gasteiger partial charge is 0.461 e. The maximum Gasteiger partial charge on any atom is 0.354 e. The van der Waals surface area contributed by atoms with Gasteiger partial charge in [0, 0.05) is 12.3 Å². The summed E-state index contributed by atoms with van der Waals surface area (Å²) in [6, 6.07) is 13.8. The third-order valence-electron chi connectivity index (χ3n) is 3.09. The molecule has 4 heteroatoms. The molecule has 4 nitrogen and oxygen atoms in total. The third kappa shape index (κ3) is 5.08. The Morgan fingerprint density at radius 1 is 1.14 bits per heavy atom. The molecule has 21 heavy (non-hydrogen) atoms. The van der Waals surface area contributed by atoms with E-state index in [4.69, 9.17) is 9.47 Å². The monoisotopic (exact) mass is 287 g/mol. The van der Waals surface area contributed by atoms with Crippen molar-refractivity contribution < 1.29 is 14.3 Å². The summed E-state index contributed by atoms with van der Waals surface area (Å²) in [5.74, 6) is -0.302. The minimum absolute atomic E-state index is 0.302. The van der Waals surface area contributed by atoms with E-state index in [1.807, 2.05) is 24.3 Å². The summed E-state index contributed by atoms with van der Waals surface area (Å²) < 4.78 is 10.6. The van der Waals surface area contributed by atoms with Crippen molar-refractivity contribution >= 4 is 5.97 Å². The number of rotatable bonds is 8. The van der Waals surface area contributed by atoms with Crippen LogP contribution in [-0.4, -0.2) is 24.2 Å². The zero-order valence-corrected chi connectivity index (χ0v) is 12.3. The van der Waals surface area contributed by atoms with E-state index < -0.39 is 0 Å². The summed E-state index contributed by atoms with van der Waals surface area (Å²) in [6.45, 7) is 3.52. The smallest absolute Gasteiger partial charge is 0.354 e. The van der Waals surface area contributed by atoms with Crippen molar-refractivity contribution in [1.82, 2.24) is 4.98 Å². The Hall–Kier alpha value is -2.07. The number of hydrogen-bond donors (Lipinski definition) is 1. The van der Waals surface area contributed by atoms with E-state index in [0.717, 1.165) is 18.5 Å². The standard InChI is InChI=1S/C17H21NO3/c1-2-21-17(19)16-11-10-15(18-16)9-6-12-20-13-14-7-4-3-5-8-14/h3-5,7-8,10-11,18H,2,6,9,12-13H2,1H3. The van der Waals surface area contributed by atoms with Crippen LogP contribution in [0.1, 0.15) is 35.1 Å². The average molecular weight is 287 g/mol. The molecule has 1 aromatic heterocycles. The van der Waals surface area contributed by atoms with Gasteiger partial charge >= 0.3 is 5.97 Å². The number of H-pyrrole nitrogens is 1. The van der Waals surface area contributed by atoms with Crippen LogP contribution in [0.4, 0.5) is 0 Å². The van der Waals surface area contributed by atoms with Gasteiger partial charge in [0.15, 0.2) is 0 Å². The molecule has 0 fully saturated rings. The van der Waals surface area contributed by atoms with E-state index in [0.29, 0.717) is 25.5 Å². The Morgan fingerprint density at radius 3 is 2.71 bits per heavy atom. The summed E-state index contributed by atoms with van der Waals surface area (Å²) in [7, 11) is 0. The minimum atomic E-state index is -0.302. The Morgan fingerprint density at radius 2 is 1.95 bits per heavy atom. The Labute approximate surface area is 125 Å². The molecular formula is C17H21NO3. The summed E-state index contributed by atoms with van der Waals surface area (Å²) in [5, 5.41) is 0. The van der Waals surface area contributed by atoms with Crippen molar-refractivity contribution in [1.29, 1.82) is 0 Å². The minimum Gasteiger partial charge on any atom is -0.461 e. The fraction of sp³-hybridized carbons (Fsp3) is 0.353. The first-order chi connectivity index (χ1) is 10.3. The van der Waals surface area contributed by atoms with E-state index in [-0.39, 0.29) is 5.97 Å². The molecule has 0 aliphatic heterocycles. The van der Waals surface area contributed by atoms with Gasteiger partial charge in [0.2, 0.25) is 0 Å². The fourth-order valence-corrected chi connectivity index (χ4v) is 2.04. The molecule has 0 saturated heterocycles. The van der Waals surface area contributed by atoms with E-state index in [9.17, 15) is 4.79 Å². The van der Waals surface area contributed by atoms with Gasteiger partial charge < -0.3 is 14.5 Å². The van der Waals surface area contributed by atoms with Crippen molar-refractivity contribution in [2.24, 2.45) is 0 Å². The van der Waals surface area contributed by atoms with Gasteiger partial charge in [-0.2, -0.15) is 0 Å². The van der Waals surface area contributed by atoms with Crippen LogP contribution in [0.2, 0.25) is 0 Å². The van der Waals surface area contributed by atoms with Crippen LogP contribution in [0, 0.1) is 0 Å². The molecule has 0 spiro atoms. The maximum atomic E-state index is 11.5. The van der Waals surface area contributed by atoms with Crippen LogP contribution >= 0.6 is 0 Å². The predicted molar refractivity (Wildman–Crippen MR) is 81.2 cm³/mol. The molecule has 0 radical (unpaired) electrons. The number of hydrogen-bond acceptors (Lipinski definition) is 3. The topological polar surface area (TPSA) is 51.3 Å². The highest BCUT2D eigenvalue weighted by Gasteiger charge is 2.08. The Bertz CT molecular complexity index is 548. The van der Waals surface area contributed by atoms with Crippen molar-refractivity contribution in [2.75, 3.05) is 13.2 Å². The summed E-state index contributed by atoms with van der Waals surface area (Å²) >= 11 is 0. The van der Waals surface area contributed by atoms with Gasteiger partial charge in [-0.3, -0.25) is 0 Å². The molecule has 1 aromatic carbocycles. The molecule has 0 atom stereocenters. The number of benzene rings is 1. The number of carbonyl (C=O) groups is 1. The van der Waals surface area contributed by atoms with Crippen molar-refractivity contribution in [3.8, 4) is 0 Å². The maximum absolute atomic E-state index is 11.5. The van der Waals surface area contributed by atoms with Crippen LogP contribution in [0.5, 0.6) is 0 Å². The Kier molecular flexibility index (Phi) is 6.03. The second-order valence-corrected chi connectivity index (χ2v) is 4.76. The first-order valence-electron chi connectivity index (χ1n) is 7.26. The second-order valence-electron chi connectivity index (χ2n) is 4.76. The quantitative estimate of drug-likeness (QED) is 0.598. The van der Waals surface area contributed by atoms with Gasteiger partial charge in [-0.25, -0.2) is 4.79 Å². The summed E-state index contributed by atoms with van der Waals surface area (Å²) in [6.07, 6.45) is 1.77. The van der Waals surface area contributed by atoms with Crippen LogP contribution in [0.25, 0.3) is 0 Å². The molecule has 0 aliphatic rings. The van der Waals surface area contributed by atoms with Crippen LogP contribution in [0.3, 0.4) is 0 Å². The van der Waals surface area contributed by atoms with E-state index >= 15 is 0 Å². The molecule has 0 saturated carbocycles. The molecule has 0 amide bonds. The normalized spacial score (nSPS) is 10.5. The number of ether oxygens (including phenoxy) is 2. The van der Waals surface area contributed by atoms with Crippen molar-refractivity contribution in [2.45, 2.75) is 26.4 Å². The third-order valence-corrected chi connectivity index (χ3v) is 3.09. The lowest BCUT2D eigenvalue weighted by Gasteiger charge is -2.04. The molecule has 1 N–H and O–H groups in total. The lowest BCUT2D eigenvalue weighted by molar-refractivity contribution is 0.0520. The number of aromatic nitrogens is 1. The number of carbonyl (C=O) groups excluding carboxylic acids is 1. The van der Waals surface area contributed by atoms with Crippen molar-refractivity contribution in [3.05, 3.63) is 59.4 Å². The molecule has 0 aliphatic carbocycles. The number of aryl methyl sites for hydroxylation is 1. The molecule has 0 unspecified atom stereocenters. The zero-order chi connectivity index (χ0) is 14.9. The molecule has 2 rings (SSSR count). The number of esters is 1. The molecular weight excluding hydrogens is 266 g/mol. The SMILES string of the molecule is CCOC(=O)c1ccc(CCCOCc2ccccc2)[nH]1. The lowest BCUT2D eigenvalue weighted by Crippen LogP contribution is -2.05. The number of nitrogens with one attached hydrogen (secondary N) is 1. The predicted octanol–water partition coefficient (Wildman–Crippen LogP) is 3.34. The van der Waals surface area contributed by atoms with Gasteiger partial charge in [0.1, 0.15) is 5.69 Å². The first kappa shape index (κ1) is 15.3. The molecule has 2 aromatic rings.